The normalized spacial score (nSPS) is 18.9. The van der Waals surface area contributed by atoms with E-state index in [-0.39, 0.29) is 36.1 Å². The van der Waals surface area contributed by atoms with Crippen LogP contribution in [0.2, 0.25) is 0 Å². The Morgan fingerprint density at radius 1 is 1.27 bits per heavy atom. The summed E-state index contributed by atoms with van der Waals surface area (Å²) in [6.45, 7) is 2.15. The summed E-state index contributed by atoms with van der Waals surface area (Å²) in [5.41, 5.74) is 0. The number of likely N-dealkylation sites (tertiary alicyclic amines) is 1. The van der Waals surface area contributed by atoms with Crippen LogP contribution in [0, 0.1) is 0 Å². The van der Waals surface area contributed by atoms with Gasteiger partial charge in [-0.25, -0.2) is 0 Å². The molecule has 0 aromatic rings. The van der Waals surface area contributed by atoms with Crippen molar-refractivity contribution in [3.63, 3.8) is 0 Å². The summed E-state index contributed by atoms with van der Waals surface area (Å²) >= 11 is 0. The summed E-state index contributed by atoms with van der Waals surface area (Å²) in [5, 5.41) is 8.42. The maximum atomic E-state index is 10.2. The van der Waals surface area contributed by atoms with Gasteiger partial charge in [-0.2, -0.15) is 0 Å². The zero-order valence-electron chi connectivity index (χ0n) is 7.05. The van der Waals surface area contributed by atoms with Crippen molar-refractivity contribution in [3.05, 3.63) is 0 Å². The van der Waals surface area contributed by atoms with E-state index < -0.39 is 5.97 Å². The van der Waals surface area contributed by atoms with E-state index in [1.807, 2.05) is 4.90 Å². The smallest absolute Gasteiger partial charge is 0.317 e. The number of hydrogen-bond acceptors (Lipinski definition) is 2. The maximum Gasteiger partial charge on any atom is 0.317 e. The Morgan fingerprint density at radius 2 is 1.82 bits per heavy atom. The Morgan fingerprint density at radius 3 is 2.27 bits per heavy atom. The number of carboxylic acid groups (broad SMARTS) is 1. The molecule has 1 heterocycles. The fourth-order valence-corrected chi connectivity index (χ4v) is 1.31. The molecule has 1 saturated heterocycles. The largest absolute Gasteiger partial charge is 0.480 e. The first kappa shape index (κ1) is 11.4. The van der Waals surface area contributed by atoms with Crippen molar-refractivity contribution in [3.8, 4) is 0 Å². The summed E-state index contributed by atoms with van der Waals surface area (Å²) < 4.78 is 0. The third-order valence-electron chi connectivity index (χ3n) is 1.81. The van der Waals surface area contributed by atoms with Crippen LogP contribution in [0.25, 0.3) is 0 Å². The van der Waals surface area contributed by atoms with Crippen molar-refractivity contribution in [1.82, 2.24) is 4.90 Å². The van der Waals surface area contributed by atoms with Gasteiger partial charge in [0.05, 0.1) is 6.54 Å². The minimum atomic E-state index is -0.707. The number of rotatable bonds is 2. The fourth-order valence-electron chi connectivity index (χ4n) is 1.31. The van der Waals surface area contributed by atoms with E-state index in [1.165, 1.54) is 6.42 Å². The van der Waals surface area contributed by atoms with Crippen LogP contribution in [0.5, 0.6) is 0 Å². The second kappa shape index (κ2) is 6.00. The molecule has 0 aromatic carbocycles. The molecule has 59 valence electrons. The van der Waals surface area contributed by atoms with Gasteiger partial charge >= 0.3 is 5.97 Å². The Kier molecular flexibility index (Phi) is 6.24. The minimum Gasteiger partial charge on any atom is -0.480 e. The van der Waals surface area contributed by atoms with E-state index >= 15 is 0 Å². The van der Waals surface area contributed by atoms with Gasteiger partial charge in [-0.3, -0.25) is 9.69 Å². The van der Waals surface area contributed by atoms with Crippen LogP contribution in [0.4, 0.5) is 0 Å². The standard InChI is InChI=1S/C7H13NO2.Na/c9-7(10)6-8-4-2-1-3-5-8;/h1-6H2,(H,9,10);. The molecule has 3 nitrogen and oxygen atoms in total. The average molecular weight is 166 g/mol. The second-order valence-corrected chi connectivity index (χ2v) is 2.73. The van der Waals surface area contributed by atoms with Crippen LogP contribution in [-0.4, -0.2) is 65.2 Å². The monoisotopic (exact) mass is 166 g/mol. The van der Waals surface area contributed by atoms with Gasteiger partial charge in [0, 0.05) is 29.6 Å². The van der Waals surface area contributed by atoms with Crippen LogP contribution in [0.3, 0.4) is 0 Å². The number of carboxylic acids is 1. The molecule has 0 atom stereocenters. The number of piperidine rings is 1. The van der Waals surface area contributed by atoms with Crippen molar-refractivity contribution in [1.29, 1.82) is 0 Å². The summed E-state index contributed by atoms with van der Waals surface area (Å²) in [7, 11) is 0. The third kappa shape index (κ3) is 4.80. The first-order valence-corrected chi connectivity index (χ1v) is 3.73. The van der Waals surface area contributed by atoms with Gasteiger partial charge in [0.1, 0.15) is 0 Å². The molecule has 1 aliphatic rings. The van der Waals surface area contributed by atoms with Crippen LogP contribution >= 0.6 is 0 Å². The molecular formula is C7H13NNaO2. The predicted molar refractivity (Wildman–Crippen MR) is 43.7 cm³/mol. The molecule has 4 heteroatoms. The zero-order valence-corrected chi connectivity index (χ0v) is 9.05. The maximum absolute atomic E-state index is 10.2. The summed E-state index contributed by atoms with van der Waals surface area (Å²) in [6.07, 6.45) is 3.58. The molecule has 11 heavy (non-hydrogen) atoms. The predicted octanol–water partition coefficient (Wildman–Crippen LogP) is 0.176. The van der Waals surface area contributed by atoms with E-state index in [0.29, 0.717) is 0 Å². The van der Waals surface area contributed by atoms with Crippen LogP contribution in [-0.2, 0) is 4.79 Å². The van der Waals surface area contributed by atoms with Crippen molar-refractivity contribution in [2.75, 3.05) is 19.6 Å². The average Bonchev–Trinajstić information content (AvgIpc) is 1.88. The van der Waals surface area contributed by atoms with Gasteiger partial charge in [0.2, 0.25) is 0 Å². The zero-order chi connectivity index (χ0) is 7.40. The van der Waals surface area contributed by atoms with Crippen molar-refractivity contribution in [2.24, 2.45) is 0 Å². The molecule has 1 fully saturated rings. The van der Waals surface area contributed by atoms with Crippen molar-refractivity contribution in [2.45, 2.75) is 19.3 Å². The first-order chi connectivity index (χ1) is 4.79. The van der Waals surface area contributed by atoms with Crippen molar-refractivity contribution >= 4 is 35.5 Å². The molecule has 1 aliphatic heterocycles. The topological polar surface area (TPSA) is 40.5 Å². The van der Waals surface area contributed by atoms with E-state index in [0.717, 1.165) is 25.9 Å². The van der Waals surface area contributed by atoms with Crippen LogP contribution in [0.15, 0.2) is 0 Å². The molecule has 0 saturated carbocycles. The van der Waals surface area contributed by atoms with E-state index in [2.05, 4.69) is 0 Å². The number of nitrogens with zero attached hydrogens (tertiary/aromatic N) is 1. The summed E-state index contributed by atoms with van der Waals surface area (Å²) in [5.74, 6) is -0.707. The van der Waals surface area contributed by atoms with Crippen LogP contribution < -0.4 is 0 Å². The number of carbonyl (C=O) groups is 1. The summed E-state index contributed by atoms with van der Waals surface area (Å²) in [4.78, 5) is 12.2. The Bertz CT molecular complexity index is 124. The van der Waals surface area contributed by atoms with Gasteiger partial charge < -0.3 is 5.11 Å². The van der Waals surface area contributed by atoms with Gasteiger partial charge in [0.25, 0.3) is 0 Å². The number of aliphatic carboxylic acids is 1. The van der Waals surface area contributed by atoms with Gasteiger partial charge in [0.15, 0.2) is 0 Å². The third-order valence-corrected chi connectivity index (χ3v) is 1.81. The molecule has 0 bridgehead atoms. The number of hydrogen-bond donors (Lipinski definition) is 1. The molecule has 1 rings (SSSR count). The van der Waals surface area contributed by atoms with E-state index in [9.17, 15) is 4.79 Å². The van der Waals surface area contributed by atoms with Gasteiger partial charge in [-0.1, -0.05) is 6.42 Å². The molecule has 0 spiro atoms. The minimum absolute atomic E-state index is 0. The molecule has 0 unspecified atom stereocenters. The molecule has 0 aliphatic carbocycles. The Hall–Kier alpha value is 0.430. The first-order valence-electron chi connectivity index (χ1n) is 3.73. The Balaban J connectivity index is 0.000001000. The van der Waals surface area contributed by atoms with Crippen LogP contribution in [0.1, 0.15) is 19.3 Å². The Labute approximate surface area is 89.1 Å². The summed E-state index contributed by atoms with van der Waals surface area (Å²) in [6, 6.07) is 0. The molecule has 0 amide bonds. The van der Waals surface area contributed by atoms with Gasteiger partial charge in [-0.15, -0.1) is 0 Å². The molecular weight excluding hydrogens is 153 g/mol. The SMILES string of the molecule is O=C(O)CN1CCCCC1.[Na]. The van der Waals surface area contributed by atoms with E-state index in [1.54, 1.807) is 0 Å². The quantitative estimate of drug-likeness (QED) is 0.595. The molecule has 1 radical (unpaired) electrons. The van der Waals surface area contributed by atoms with Crippen molar-refractivity contribution < 1.29 is 9.90 Å². The second-order valence-electron chi connectivity index (χ2n) is 2.73. The fraction of sp³-hybridized carbons (Fsp3) is 0.857. The van der Waals surface area contributed by atoms with E-state index in [4.69, 9.17) is 5.11 Å². The van der Waals surface area contributed by atoms with Gasteiger partial charge in [-0.05, 0) is 25.9 Å². The molecule has 0 aromatic heterocycles. The molecule has 1 N–H and O–H groups in total.